The summed E-state index contributed by atoms with van der Waals surface area (Å²) in [5.41, 5.74) is 0.824. The smallest absolute Gasteiger partial charge is 0.141 e. The molecular formula is C15H14BrClFNO. The Morgan fingerprint density at radius 1 is 1.25 bits per heavy atom. The number of aliphatic hydroxyl groups excluding tert-OH is 1. The van der Waals surface area contributed by atoms with Crippen LogP contribution in [0.15, 0.2) is 46.9 Å². The first-order valence-electron chi connectivity index (χ1n) is 6.05. The largest absolute Gasteiger partial charge is 0.394 e. The summed E-state index contributed by atoms with van der Waals surface area (Å²) in [5, 5.41) is 13.0. The van der Waals surface area contributed by atoms with Gasteiger partial charge in [-0.25, -0.2) is 4.39 Å². The summed E-state index contributed by atoms with van der Waals surface area (Å²) in [5.74, 6) is -0.473. The zero-order valence-electron chi connectivity index (χ0n) is 10.8. The molecule has 2 aromatic carbocycles. The molecule has 0 fully saturated rings. The van der Waals surface area contributed by atoms with E-state index in [0.717, 1.165) is 10.2 Å². The van der Waals surface area contributed by atoms with E-state index < -0.39 is 11.4 Å². The Morgan fingerprint density at radius 3 is 2.45 bits per heavy atom. The molecule has 0 aliphatic heterocycles. The molecule has 0 saturated carbocycles. The highest BCUT2D eigenvalue weighted by atomic mass is 79.9. The molecule has 0 saturated heterocycles. The molecule has 0 spiro atoms. The van der Waals surface area contributed by atoms with Crippen molar-refractivity contribution in [2.75, 3.05) is 11.9 Å². The number of aliphatic hydroxyl groups is 1. The molecule has 106 valence electrons. The Bertz CT molecular complexity index is 605. The molecule has 0 aromatic heterocycles. The lowest BCUT2D eigenvalue weighted by Gasteiger charge is -2.30. The van der Waals surface area contributed by atoms with Crippen LogP contribution in [0.3, 0.4) is 0 Å². The molecule has 2 aromatic rings. The van der Waals surface area contributed by atoms with Crippen molar-refractivity contribution in [3.05, 3.63) is 63.3 Å². The Morgan fingerprint density at radius 2 is 1.90 bits per heavy atom. The summed E-state index contributed by atoms with van der Waals surface area (Å²) < 4.78 is 14.2. The average Bonchev–Trinajstić information content (AvgIpc) is 2.44. The number of hydrogen-bond acceptors (Lipinski definition) is 2. The maximum Gasteiger partial charge on any atom is 0.141 e. The fourth-order valence-corrected chi connectivity index (χ4v) is 2.34. The number of benzene rings is 2. The fraction of sp³-hybridized carbons (Fsp3) is 0.200. The van der Waals surface area contributed by atoms with Gasteiger partial charge in [-0.2, -0.15) is 0 Å². The first kappa shape index (κ1) is 15.3. The summed E-state index contributed by atoms with van der Waals surface area (Å²) in [6, 6.07) is 12.0. The molecule has 0 bridgehead atoms. The van der Waals surface area contributed by atoms with Gasteiger partial charge in [0, 0.05) is 10.2 Å². The predicted octanol–water partition coefficient (Wildman–Crippen LogP) is 4.56. The van der Waals surface area contributed by atoms with Gasteiger partial charge in [-0.3, -0.25) is 0 Å². The van der Waals surface area contributed by atoms with Crippen molar-refractivity contribution < 1.29 is 9.50 Å². The topological polar surface area (TPSA) is 32.3 Å². The summed E-state index contributed by atoms with van der Waals surface area (Å²) in [6.45, 7) is 1.68. The highest BCUT2D eigenvalue weighted by Crippen LogP contribution is 2.29. The van der Waals surface area contributed by atoms with Crippen molar-refractivity contribution in [3.63, 3.8) is 0 Å². The number of hydrogen-bond donors (Lipinski definition) is 2. The molecule has 0 amide bonds. The second-order valence-electron chi connectivity index (χ2n) is 4.75. The van der Waals surface area contributed by atoms with Crippen molar-refractivity contribution in [1.29, 1.82) is 0 Å². The predicted molar refractivity (Wildman–Crippen MR) is 83.6 cm³/mol. The van der Waals surface area contributed by atoms with Gasteiger partial charge in [0.1, 0.15) is 5.82 Å². The van der Waals surface area contributed by atoms with Crippen LogP contribution in [0.1, 0.15) is 12.5 Å². The van der Waals surface area contributed by atoms with Crippen LogP contribution in [0, 0.1) is 5.82 Å². The van der Waals surface area contributed by atoms with Crippen LogP contribution < -0.4 is 5.32 Å². The van der Waals surface area contributed by atoms with Crippen molar-refractivity contribution in [2.45, 2.75) is 12.5 Å². The third-order valence-corrected chi connectivity index (χ3v) is 3.96. The van der Waals surface area contributed by atoms with Gasteiger partial charge < -0.3 is 10.4 Å². The lowest BCUT2D eigenvalue weighted by Crippen LogP contribution is -2.35. The van der Waals surface area contributed by atoms with E-state index in [1.54, 1.807) is 6.07 Å². The summed E-state index contributed by atoms with van der Waals surface area (Å²) in [7, 11) is 0. The van der Waals surface area contributed by atoms with Crippen molar-refractivity contribution in [1.82, 2.24) is 0 Å². The van der Waals surface area contributed by atoms with E-state index in [1.165, 1.54) is 12.1 Å². The van der Waals surface area contributed by atoms with Gasteiger partial charge in [0.15, 0.2) is 0 Å². The Balaban J connectivity index is 2.32. The van der Waals surface area contributed by atoms with Crippen LogP contribution in [0.25, 0.3) is 0 Å². The quantitative estimate of drug-likeness (QED) is 0.839. The molecule has 2 nitrogen and oxygen atoms in total. The van der Waals surface area contributed by atoms with Gasteiger partial charge in [-0.15, -0.1) is 0 Å². The Hall–Kier alpha value is -1.10. The van der Waals surface area contributed by atoms with Crippen LogP contribution >= 0.6 is 27.5 Å². The van der Waals surface area contributed by atoms with E-state index in [-0.39, 0.29) is 11.6 Å². The minimum atomic E-state index is -0.745. The molecule has 1 atom stereocenters. The molecule has 1 unspecified atom stereocenters. The third-order valence-electron chi connectivity index (χ3n) is 3.14. The number of nitrogens with one attached hydrogen (secondary N) is 1. The van der Waals surface area contributed by atoms with E-state index in [2.05, 4.69) is 21.2 Å². The van der Waals surface area contributed by atoms with E-state index in [0.29, 0.717) is 5.56 Å². The number of anilines is 1. The van der Waals surface area contributed by atoms with Crippen LogP contribution in [-0.2, 0) is 5.54 Å². The monoisotopic (exact) mass is 357 g/mol. The van der Waals surface area contributed by atoms with Crippen molar-refractivity contribution in [2.24, 2.45) is 0 Å². The molecule has 0 aliphatic rings. The van der Waals surface area contributed by atoms with Crippen LogP contribution in [0.4, 0.5) is 10.1 Å². The van der Waals surface area contributed by atoms with Crippen molar-refractivity contribution >= 4 is 33.2 Å². The summed E-state index contributed by atoms with van der Waals surface area (Å²) in [6.07, 6.45) is 0. The molecule has 0 heterocycles. The van der Waals surface area contributed by atoms with E-state index in [4.69, 9.17) is 11.6 Å². The molecule has 0 aliphatic carbocycles. The average molecular weight is 359 g/mol. The highest BCUT2D eigenvalue weighted by Gasteiger charge is 2.26. The van der Waals surface area contributed by atoms with Crippen molar-refractivity contribution in [3.8, 4) is 0 Å². The number of rotatable bonds is 4. The van der Waals surface area contributed by atoms with E-state index >= 15 is 0 Å². The minimum absolute atomic E-state index is 0.0415. The third kappa shape index (κ3) is 3.32. The zero-order valence-corrected chi connectivity index (χ0v) is 13.2. The summed E-state index contributed by atoms with van der Waals surface area (Å²) >= 11 is 9.18. The molecule has 20 heavy (non-hydrogen) atoms. The van der Waals surface area contributed by atoms with E-state index in [1.807, 2.05) is 31.2 Å². The molecular weight excluding hydrogens is 345 g/mol. The second kappa shape index (κ2) is 6.12. The standard InChI is InChI=1S/C15H14BrClFNO/c1-15(9-20,10-2-7-14(18)13(17)8-10)19-12-5-3-11(16)4-6-12/h2-8,19-20H,9H2,1H3. The van der Waals surface area contributed by atoms with Gasteiger partial charge in [0.25, 0.3) is 0 Å². The van der Waals surface area contributed by atoms with Crippen LogP contribution in [0.5, 0.6) is 0 Å². The van der Waals surface area contributed by atoms with Gasteiger partial charge in [-0.05, 0) is 48.9 Å². The Labute approximate surface area is 130 Å². The molecule has 2 N–H and O–H groups in total. The van der Waals surface area contributed by atoms with Gasteiger partial charge >= 0.3 is 0 Å². The maximum absolute atomic E-state index is 13.2. The van der Waals surface area contributed by atoms with Crippen LogP contribution in [0.2, 0.25) is 5.02 Å². The fourth-order valence-electron chi connectivity index (χ4n) is 1.89. The zero-order chi connectivity index (χ0) is 14.8. The first-order chi connectivity index (χ1) is 9.44. The Kier molecular flexibility index (Phi) is 4.68. The minimum Gasteiger partial charge on any atom is -0.394 e. The first-order valence-corrected chi connectivity index (χ1v) is 7.22. The van der Waals surface area contributed by atoms with Gasteiger partial charge in [0.2, 0.25) is 0 Å². The van der Waals surface area contributed by atoms with Crippen LogP contribution in [-0.4, -0.2) is 11.7 Å². The second-order valence-corrected chi connectivity index (χ2v) is 6.07. The summed E-state index contributed by atoms with van der Waals surface area (Å²) in [4.78, 5) is 0. The lowest BCUT2D eigenvalue weighted by atomic mass is 9.92. The molecule has 0 radical (unpaired) electrons. The van der Waals surface area contributed by atoms with E-state index in [9.17, 15) is 9.50 Å². The molecule has 2 rings (SSSR count). The molecule has 5 heteroatoms. The number of halogens is 3. The van der Waals surface area contributed by atoms with Gasteiger partial charge in [0.05, 0.1) is 17.2 Å². The SMILES string of the molecule is CC(CO)(Nc1ccc(Br)cc1)c1ccc(F)c(Cl)c1. The van der Waals surface area contributed by atoms with Gasteiger partial charge in [-0.1, -0.05) is 33.6 Å². The lowest BCUT2D eigenvalue weighted by molar-refractivity contribution is 0.224. The normalized spacial score (nSPS) is 13.8. The maximum atomic E-state index is 13.2. The highest BCUT2D eigenvalue weighted by molar-refractivity contribution is 9.10.